The van der Waals surface area contributed by atoms with Crippen molar-refractivity contribution >= 4 is 6.29 Å². The predicted octanol–water partition coefficient (Wildman–Crippen LogP) is 2.41. The molecule has 1 aliphatic heterocycles. The summed E-state index contributed by atoms with van der Waals surface area (Å²) in [4.78, 5) is 10.4. The van der Waals surface area contributed by atoms with Crippen LogP contribution in [-0.4, -0.2) is 38.3 Å². The third-order valence-corrected chi connectivity index (χ3v) is 5.95. The first-order valence-electron chi connectivity index (χ1n) is 8.11. The van der Waals surface area contributed by atoms with Crippen molar-refractivity contribution in [1.82, 2.24) is 0 Å². The van der Waals surface area contributed by atoms with Crippen molar-refractivity contribution in [2.45, 2.75) is 31.0 Å². The average Bonchev–Trinajstić information content (AvgIpc) is 3.15. The minimum Gasteiger partial charge on any atom is -0.498 e. The van der Waals surface area contributed by atoms with Crippen LogP contribution in [0.2, 0.25) is 0 Å². The van der Waals surface area contributed by atoms with E-state index in [1.54, 1.807) is 13.2 Å². The summed E-state index contributed by atoms with van der Waals surface area (Å²) in [5.41, 5.74) is -0.404. The van der Waals surface area contributed by atoms with Crippen LogP contribution >= 0.6 is 0 Å². The zero-order valence-corrected chi connectivity index (χ0v) is 12.9. The highest BCUT2D eigenvalue weighted by Gasteiger charge is 2.75. The van der Waals surface area contributed by atoms with Gasteiger partial charge in [0.05, 0.1) is 20.3 Å². The minimum atomic E-state index is -0.469. The molecular weight excluding hydrogens is 280 g/mol. The van der Waals surface area contributed by atoms with Crippen LogP contribution in [0, 0.1) is 17.3 Å². The standard InChI is InChI=1S/C18H22O4/c1-20-15-12-17-8-5-7-13(17)14(6-3-2-4-9-19)18(15)16(17)21-10-11-22-18/h2-4,6,9,12-14,16H,5,7-8,10-11H2,1H3/b4-2+,6-3+/t13-,14-,16-,17+,18-/m1/s1. The third-order valence-electron chi connectivity index (χ3n) is 5.95. The number of rotatable bonds is 4. The van der Waals surface area contributed by atoms with Gasteiger partial charge in [-0.3, -0.25) is 4.79 Å². The topological polar surface area (TPSA) is 44.8 Å². The lowest BCUT2D eigenvalue weighted by atomic mass is 9.74. The smallest absolute Gasteiger partial charge is 0.158 e. The van der Waals surface area contributed by atoms with Crippen LogP contribution in [-0.2, 0) is 19.0 Å². The summed E-state index contributed by atoms with van der Waals surface area (Å²) in [6.07, 6.45) is 14.2. The Morgan fingerprint density at radius 2 is 2.23 bits per heavy atom. The molecule has 0 unspecified atom stereocenters. The van der Waals surface area contributed by atoms with Crippen LogP contribution < -0.4 is 0 Å². The minimum absolute atomic E-state index is 0.0646. The fourth-order valence-electron chi connectivity index (χ4n) is 5.39. The Kier molecular flexibility index (Phi) is 3.27. The van der Waals surface area contributed by atoms with Crippen LogP contribution in [0.5, 0.6) is 0 Å². The van der Waals surface area contributed by atoms with E-state index in [-0.39, 0.29) is 17.4 Å². The summed E-state index contributed by atoms with van der Waals surface area (Å²) in [5.74, 6) is 1.72. The molecule has 2 saturated carbocycles. The number of methoxy groups -OCH3 is 1. The molecule has 0 aromatic rings. The van der Waals surface area contributed by atoms with E-state index in [9.17, 15) is 4.79 Å². The molecule has 3 aliphatic carbocycles. The van der Waals surface area contributed by atoms with E-state index in [0.717, 1.165) is 18.5 Å². The lowest BCUT2D eigenvalue weighted by Crippen LogP contribution is -2.53. The normalized spacial score (nSPS) is 46.0. The van der Waals surface area contributed by atoms with Crippen molar-refractivity contribution in [3.8, 4) is 0 Å². The van der Waals surface area contributed by atoms with Gasteiger partial charge in [0.2, 0.25) is 0 Å². The maximum absolute atomic E-state index is 10.4. The van der Waals surface area contributed by atoms with Gasteiger partial charge in [-0.25, -0.2) is 0 Å². The summed E-state index contributed by atoms with van der Waals surface area (Å²) < 4.78 is 18.2. The van der Waals surface area contributed by atoms with E-state index in [1.807, 2.05) is 6.08 Å². The summed E-state index contributed by atoms with van der Waals surface area (Å²) >= 11 is 0. The van der Waals surface area contributed by atoms with E-state index in [4.69, 9.17) is 14.2 Å². The second-order valence-electron chi connectivity index (χ2n) is 6.65. The third kappa shape index (κ3) is 1.57. The van der Waals surface area contributed by atoms with Gasteiger partial charge in [0, 0.05) is 11.3 Å². The van der Waals surface area contributed by atoms with Crippen LogP contribution in [0.25, 0.3) is 0 Å². The van der Waals surface area contributed by atoms with Gasteiger partial charge in [-0.05, 0) is 30.9 Å². The lowest BCUT2D eigenvalue weighted by Gasteiger charge is -2.42. The van der Waals surface area contributed by atoms with Gasteiger partial charge in [0.15, 0.2) is 5.60 Å². The van der Waals surface area contributed by atoms with Crippen molar-refractivity contribution in [3.05, 3.63) is 36.1 Å². The van der Waals surface area contributed by atoms with Crippen LogP contribution in [0.1, 0.15) is 19.3 Å². The second kappa shape index (κ2) is 5.07. The largest absolute Gasteiger partial charge is 0.498 e. The number of ether oxygens (including phenoxy) is 3. The average molecular weight is 302 g/mol. The van der Waals surface area contributed by atoms with Gasteiger partial charge in [-0.15, -0.1) is 0 Å². The first-order valence-corrected chi connectivity index (χ1v) is 8.11. The number of hydrogen-bond donors (Lipinski definition) is 0. The molecule has 1 saturated heterocycles. The number of carbonyl (C=O) groups excluding carboxylic acids is 1. The zero-order chi connectivity index (χ0) is 15.2. The van der Waals surface area contributed by atoms with Gasteiger partial charge in [-0.1, -0.05) is 24.6 Å². The fraction of sp³-hybridized carbons (Fsp3) is 0.611. The van der Waals surface area contributed by atoms with E-state index >= 15 is 0 Å². The SMILES string of the molecule is COC1=C[C@@]23CCC[C@@H]2[C@@H](/C=C/C=C/C=O)[C@@]12OCCO[C@H]32. The van der Waals surface area contributed by atoms with Crippen LogP contribution in [0.4, 0.5) is 0 Å². The molecule has 1 spiro atoms. The van der Waals surface area contributed by atoms with Crippen molar-refractivity contribution in [3.63, 3.8) is 0 Å². The molecule has 5 atom stereocenters. The Bertz CT molecular complexity index is 563. The molecule has 0 radical (unpaired) electrons. The second-order valence-corrected chi connectivity index (χ2v) is 6.65. The maximum atomic E-state index is 10.4. The molecule has 4 aliphatic rings. The zero-order valence-electron chi connectivity index (χ0n) is 12.9. The molecule has 0 amide bonds. The lowest BCUT2D eigenvalue weighted by molar-refractivity contribution is -0.201. The molecule has 1 heterocycles. The van der Waals surface area contributed by atoms with E-state index < -0.39 is 5.60 Å². The molecule has 0 aromatic carbocycles. The van der Waals surface area contributed by atoms with E-state index in [1.165, 1.54) is 18.9 Å². The predicted molar refractivity (Wildman–Crippen MR) is 81.1 cm³/mol. The Labute approximate surface area is 130 Å². The first kappa shape index (κ1) is 14.2. The summed E-state index contributed by atoms with van der Waals surface area (Å²) in [5, 5.41) is 0. The molecule has 4 nitrogen and oxygen atoms in total. The van der Waals surface area contributed by atoms with Gasteiger partial charge in [0.25, 0.3) is 0 Å². The van der Waals surface area contributed by atoms with Gasteiger partial charge in [-0.2, -0.15) is 0 Å². The molecule has 0 N–H and O–H groups in total. The number of allylic oxidation sites excluding steroid dienone is 3. The molecule has 0 aromatic heterocycles. The Morgan fingerprint density at radius 1 is 1.32 bits per heavy atom. The van der Waals surface area contributed by atoms with Gasteiger partial charge in [0.1, 0.15) is 18.1 Å². The Hall–Kier alpha value is -1.39. The number of aldehydes is 1. The quantitative estimate of drug-likeness (QED) is 0.454. The number of carbonyl (C=O) groups is 1. The van der Waals surface area contributed by atoms with Gasteiger partial charge >= 0.3 is 0 Å². The van der Waals surface area contributed by atoms with Gasteiger partial charge < -0.3 is 14.2 Å². The summed E-state index contributed by atoms with van der Waals surface area (Å²) in [7, 11) is 1.73. The fourth-order valence-corrected chi connectivity index (χ4v) is 5.39. The molecule has 3 fully saturated rings. The molecule has 4 heteroatoms. The van der Waals surface area contributed by atoms with Crippen molar-refractivity contribution < 1.29 is 19.0 Å². The highest BCUT2D eigenvalue weighted by atomic mass is 16.6. The van der Waals surface area contributed by atoms with Crippen LogP contribution in [0.15, 0.2) is 36.1 Å². The monoisotopic (exact) mass is 302 g/mol. The molecule has 118 valence electrons. The van der Waals surface area contributed by atoms with E-state index in [2.05, 4.69) is 12.2 Å². The molecular formula is C18H22O4. The van der Waals surface area contributed by atoms with Crippen molar-refractivity contribution in [1.29, 1.82) is 0 Å². The maximum Gasteiger partial charge on any atom is 0.158 e. The summed E-state index contributed by atoms with van der Waals surface area (Å²) in [6, 6.07) is 0. The van der Waals surface area contributed by atoms with Crippen molar-refractivity contribution in [2.75, 3.05) is 20.3 Å². The number of hydrogen-bond acceptors (Lipinski definition) is 4. The van der Waals surface area contributed by atoms with Crippen LogP contribution in [0.3, 0.4) is 0 Å². The van der Waals surface area contributed by atoms with E-state index in [0.29, 0.717) is 19.1 Å². The summed E-state index contributed by atoms with van der Waals surface area (Å²) in [6.45, 7) is 1.27. The molecule has 22 heavy (non-hydrogen) atoms. The molecule has 2 bridgehead atoms. The first-order chi connectivity index (χ1) is 10.8. The Balaban J connectivity index is 1.78. The highest BCUT2D eigenvalue weighted by molar-refractivity contribution is 5.65. The van der Waals surface area contributed by atoms with Crippen molar-refractivity contribution in [2.24, 2.45) is 17.3 Å². The Morgan fingerprint density at radius 3 is 3.05 bits per heavy atom. The highest BCUT2D eigenvalue weighted by Crippen LogP contribution is 2.70. The molecule has 4 rings (SSSR count).